The van der Waals surface area contributed by atoms with Crippen LogP contribution in [0, 0.1) is 0 Å². The van der Waals surface area contributed by atoms with E-state index < -0.39 is 16.9 Å². The molecule has 1 saturated carbocycles. The summed E-state index contributed by atoms with van der Waals surface area (Å²) in [6.07, 6.45) is 3.66. The summed E-state index contributed by atoms with van der Waals surface area (Å²) in [5.74, 6) is 1.48. The molecule has 7 nitrogen and oxygen atoms in total. The molecule has 3 unspecified atom stereocenters. The summed E-state index contributed by atoms with van der Waals surface area (Å²) in [6, 6.07) is 7.84. The van der Waals surface area contributed by atoms with Gasteiger partial charge in [-0.25, -0.2) is 4.79 Å². The van der Waals surface area contributed by atoms with Crippen LogP contribution in [0.4, 0.5) is 10.5 Å². The Hall–Kier alpha value is -2.09. The average molecular weight is 395 g/mol. The van der Waals surface area contributed by atoms with Crippen LogP contribution < -0.4 is 16.0 Å². The fraction of sp³-hybridized carbons (Fsp3) is 0.579. The number of hydrogen-bond acceptors (Lipinski definition) is 4. The molecule has 0 saturated heterocycles. The van der Waals surface area contributed by atoms with E-state index in [-0.39, 0.29) is 5.25 Å². The van der Waals surface area contributed by atoms with E-state index in [0.717, 1.165) is 43.0 Å². The van der Waals surface area contributed by atoms with Crippen molar-refractivity contribution >= 4 is 28.5 Å². The molecule has 0 bridgehead atoms. The maximum Gasteiger partial charge on any atom is 0.411 e. The Bertz CT molecular complexity index is 663. The maximum atomic E-state index is 12.1. The van der Waals surface area contributed by atoms with Gasteiger partial charge in [-0.15, -0.1) is 0 Å². The molecule has 3 atom stereocenters. The highest BCUT2D eigenvalue weighted by atomic mass is 32.2. The Labute approximate surface area is 163 Å². The number of aliphatic imine (C=N–C) groups is 1. The second-order valence-electron chi connectivity index (χ2n) is 6.54. The number of anilines is 1. The lowest BCUT2D eigenvalue weighted by atomic mass is 9.95. The lowest BCUT2D eigenvalue weighted by Gasteiger charge is -2.30. The Morgan fingerprint density at radius 1 is 1.30 bits per heavy atom. The number of nitrogens with zero attached hydrogens (tertiary/aromatic N) is 1. The lowest BCUT2D eigenvalue weighted by Crippen LogP contribution is -2.46. The van der Waals surface area contributed by atoms with Crippen LogP contribution in [-0.4, -0.2) is 47.5 Å². The second kappa shape index (κ2) is 10.9. The van der Waals surface area contributed by atoms with E-state index in [0.29, 0.717) is 18.3 Å². The summed E-state index contributed by atoms with van der Waals surface area (Å²) >= 11 is 0. The van der Waals surface area contributed by atoms with Crippen molar-refractivity contribution in [3.63, 3.8) is 0 Å². The molecule has 0 aliphatic heterocycles. The molecule has 1 fully saturated rings. The number of carbonyl (C=O) groups is 1. The quantitative estimate of drug-likeness (QED) is 0.510. The van der Waals surface area contributed by atoms with Gasteiger partial charge in [-0.2, -0.15) is 0 Å². The molecule has 150 valence electrons. The molecular formula is C19H30N4O3S. The summed E-state index contributed by atoms with van der Waals surface area (Å²) in [7, 11) is 2.36. The summed E-state index contributed by atoms with van der Waals surface area (Å²) < 4.78 is 16.7. The van der Waals surface area contributed by atoms with Gasteiger partial charge in [-0.1, -0.05) is 25.5 Å². The minimum atomic E-state index is -0.731. The smallest absolute Gasteiger partial charge is 0.411 e. The van der Waals surface area contributed by atoms with Crippen molar-refractivity contribution in [1.82, 2.24) is 10.6 Å². The Balaban J connectivity index is 1.83. The molecule has 2 rings (SSSR count). The normalized spacial score (nSPS) is 21.2. The summed E-state index contributed by atoms with van der Waals surface area (Å²) in [5.41, 5.74) is 1.76. The largest absolute Gasteiger partial charge is 0.453 e. The summed E-state index contributed by atoms with van der Waals surface area (Å²) in [5, 5.41) is 9.69. The van der Waals surface area contributed by atoms with E-state index in [9.17, 15) is 9.00 Å². The van der Waals surface area contributed by atoms with Gasteiger partial charge in [-0.05, 0) is 37.0 Å². The number of guanidine groups is 1. The highest BCUT2D eigenvalue weighted by molar-refractivity contribution is 7.85. The van der Waals surface area contributed by atoms with Crippen LogP contribution in [-0.2, 0) is 22.1 Å². The summed E-state index contributed by atoms with van der Waals surface area (Å²) in [6.45, 7) is 2.61. The minimum absolute atomic E-state index is 0.286. The van der Waals surface area contributed by atoms with Gasteiger partial charge in [-0.3, -0.25) is 14.5 Å². The topological polar surface area (TPSA) is 91.8 Å². The standard InChI is InChI=1S/C19H30N4O3S/c1-4-27(25)17-7-5-6-16(12-17)22-18(20-2)21-13-14-8-10-15(11-9-14)23-19(24)26-3/h8-11,16-17H,4-7,12-13H2,1-3H3,(H,23,24)(H2,20,21,22). The molecule has 1 aliphatic rings. The number of carbonyl (C=O) groups excluding carboxylic acids is 1. The molecule has 1 aliphatic carbocycles. The number of hydrogen-bond donors (Lipinski definition) is 3. The Kier molecular flexibility index (Phi) is 8.57. The van der Waals surface area contributed by atoms with Gasteiger partial charge in [0.25, 0.3) is 0 Å². The minimum Gasteiger partial charge on any atom is -0.453 e. The van der Waals surface area contributed by atoms with Crippen molar-refractivity contribution in [3.05, 3.63) is 29.8 Å². The Morgan fingerprint density at radius 3 is 2.67 bits per heavy atom. The van der Waals surface area contributed by atoms with Crippen molar-refractivity contribution < 1.29 is 13.7 Å². The van der Waals surface area contributed by atoms with Gasteiger partial charge in [0.2, 0.25) is 0 Å². The lowest BCUT2D eigenvalue weighted by molar-refractivity contribution is 0.187. The van der Waals surface area contributed by atoms with Gasteiger partial charge in [0, 0.05) is 47.1 Å². The zero-order valence-corrected chi connectivity index (χ0v) is 17.1. The first-order valence-corrected chi connectivity index (χ1v) is 10.7. The van der Waals surface area contributed by atoms with E-state index in [1.807, 2.05) is 31.2 Å². The van der Waals surface area contributed by atoms with Crippen LogP contribution in [0.5, 0.6) is 0 Å². The number of nitrogens with one attached hydrogen (secondary N) is 3. The summed E-state index contributed by atoms with van der Waals surface area (Å²) in [4.78, 5) is 15.5. The third kappa shape index (κ3) is 6.86. The monoisotopic (exact) mass is 394 g/mol. The third-order valence-electron chi connectivity index (χ3n) is 4.69. The fourth-order valence-corrected chi connectivity index (χ4v) is 4.55. The molecule has 0 aromatic heterocycles. The molecule has 1 aromatic carbocycles. The molecule has 1 amide bonds. The van der Waals surface area contributed by atoms with Crippen LogP contribution >= 0.6 is 0 Å². The SMILES string of the molecule is CCS(=O)C1CCCC(NC(=NC)NCc2ccc(NC(=O)OC)cc2)C1. The molecule has 0 radical (unpaired) electrons. The van der Waals surface area contributed by atoms with Crippen molar-refractivity contribution in [2.75, 3.05) is 25.2 Å². The van der Waals surface area contributed by atoms with Gasteiger partial charge in [0.1, 0.15) is 0 Å². The first kappa shape index (κ1) is 21.2. The fourth-order valence-electron chi connectivity index (χ4n) is 3.20. The van der Waals surface area contributed by atoms with E-state index >= 15 is 0 Å². The first-order valence-electron chi connectivity index (χ1n) is 9.34. The van der Waals surface area contributed by atoms with Crippen LogP contribution in [0.25, 0.3) is 0 Å². The van der Waals surface area contributed by atoms with Crippen LogP contribution in [0.15, 0.2) is 29.3 Å². The Morgan fingerprint density at radius 2 is 2.04 bits per heavy atom. The average Bonchev–Trinajstić information content (AvgIpc) is 2.71. The third-order valence-corrected chi connectivity index (χ3v) is 6.43. The molecule has 1 aromatic rings. The van der Waals surface area contributed by atoms with Crippen molar-refractivity contribution in [1.29, 1.82) is 0 Å². The number of amides is 1. The van der Waals surface area contributed by atoms with Gasteiger partial charge in [0.05, 0.1) is 7.11 Å². The predicted molar refractivity (Wildman–Crippen MR) is 111 cm³/mol. The van der Waals surface area contributed by atoms with E-state index in [2.05, 4.69) is 25.7 Å². The van der Waals surface area contributed by atoms with Gasteiger partial charge < -0.3 is 15.4 Å². The van der Waals surface area contributed by atoms with Crippen LogP contribution in [0.3, 0.4) is 0 Å². The number of methoxy groups -OCH3 is 1. The first-order chi connectivity index (χ1) is 13.0. The van der Waals surface area contributed by atoms with E-state index in [4.69, 9.17) is 0 Å². The molecule has 0 heterocycles. The zero-order chi connectivity index (χ0) is 19.6. The second-order valence-corrected chi connectivity index (χ2v) is 8.54. The van der Waals surface area contributed by atoms with Crippen molar-refractivity contribution in [2.45, 2.75) is 50.4 Å². The van der Waals surface area contributed by atoms with Crippen molar-refractivity contribution in [3.8, 4) is 0 Å². The van der Waals surface area contributed by atoms with Gasteiger partial charge in [0.15, 0.2) is 5.96 Å². The van der Waals surface area contributed by atoms with E-state index in [1.54, 1.807) is 7.05 Å². The molecule has 8 heteroatoms. The highest BCUT2D eigenvalue weighted by Gasteiger charge is 2.25. The molecule has 0 spiro atoms. The number of benzene rings is 1. The molecule has 3 N–H and O–H groups in total. The number of ether oxygens (including phenoxy) is 1. The van der Waals surface area contributed by atoms with E-state index in [1.165, 1.54) is 7.11 Å². The molecule has 27 heavy (non-hydrogen) atoms. The molecular weight excluding hydrogens is 364 g/mol. The van der Waals surface area contributed by atoms with Gasteiger partial charge >= 0.3 is 6.09 Å². The zero-order valence-electron chi connectivity index (χ0n) is 16.3. The predicted octanol–water partition coefficient (Wildman–Crippen LogP) is 2.61. The highest BCUT2D eigenvalue weighted by Crippen LogP contribution is 2.23. The maximum absolute atomic E-state index is 12.1. The van der Waals surface area contributed by atoms with Crippen LogP contribution in [0.1, 0.15) is 38.2 Å². The van der Waals surface area contributed by atoms with Crippen molar-refractivity contribution in [2.24, 2.45) is 4.99 Å². The van der Waals surface area contributed by atoms with Crippen LogP contribution in [0.2, 0.25) is 0 Å². The number of rotatable bonds is 6.